The Kier molecular flexibility index (Phi) is 2.97. The molecule has 2 rings (SSSR count). The molecule has 0 fully saturated rings. The van der Waals surface area contributed by atoms with Gasteiger partial charge in [0.2, 0.25) is 0 Å². The van der Waals surface area contributed by atoms with Gasteiger partial charge in [-0.3, -0.25) is 14.9 Å². The lowest BCUT2D eigenvalue weighted by Gasteiger charge is -2.03. The summed E-state index contributed by atoms with van der Waals surface area (Å²) in [6, 6.07) is 2.92. The van der Waals surface area contributed by atoms with Gasteiger partial charge in [0.05, 0.1) is 23.4 Å². The zero-order chi connectivity index (χ0) is 13.3. The number of nitro groups is 1. The molecule has 0 N–H and O–H groups in total. The zero-order valence-corrected chi connectivity index (χ0v) is 9.91. The summed E-state index contributed by atoms with van der Waals surface area (Å²) >= 11 is 0. The molecule has 0 saturated carbocycles. The third kappa shape index (κ3) is 2.29. The molecular formula is C11H11N3O4. The van der Waals surface area contributed by atoms with Gasteiger partial charge in [0.25, 0.3) is 11.2 Å². The molecule has 2 aromatic rings. The fourth-order valence-electron chi connectivity index (χ4n) is 1.63. The van der Waals surface area contributed by atoms with Gasteiger partial charge >= 0.3 is 0 Å². The van der Waals surface area contributed by atoms with Crippen molar-refractivity contribution in [3.05, 3.63) is 55.8 Å². The van der Waals surface area contributed by atoms with E-state index in [-0.39, 0.29) is 17.8 Å². The Morgan fingerprint density at radius 3 is 2.72 bits per heavy atom. The van der Waals surface area contributed by atoms with Crippen LogP contribution in [0.3, 0.4) is 0 Å². The van der Waals surface area contributed by atoms with E-state index in [2.05, 4.69) is 5.16 Å². The Balaban J connectivity index is 2.42. The van der Waals surface area contributed by atoms with E-state index in [0.717, 1.165) is 0 Å². The molecule has 0 bridgehead atoms. The highest BCUT2D eigenvalue weighted by atomic mass is 16.6. The predicted octanol–water partition coefficient (Wildman–Crippen LogP) is 1.41. The van der Waals surface area contributed by atoms with Gasteiger partial charge in [-0.2, -0.15) is 0 Å². The van der Waals surface area contributed by atoms with Crippen LogP contribution >= 0.6 is 0 Å². The van der Waals surface area contributed by atoms with E-state index in [1.807, 2.05) is 0 Å². The van der Waals surface area contributed by atoms with Crippen molar-refractivity contribution in [1.82, 2.24) is 9.72 Å². The average Bonchev–Trinajstić information content (AvgIpc) is 2.67. The Morgan fingerprint density at radius 2 is 2.17 bits per heavy atom. The molecule has 7 heteroatoms. The molecule has 0 amide bonds. The fourth-order valence-corrected chi connectivity index (χ4v) is 1.63. The van der Waals surface area contributed by atoms with Crippen molar-refractivity contribution < 1.29 is 9.45 Å². The second-order valence-electron chi connectivity index (χ2n) is 4.00. The van der Waals surface area contributed by atoms with Crippen LogP contribution in [0.15, 0.2) is 27.6 Å². The van der Waals surface area contributed by atoms with Crippen molar-refractivity contribution in [2.75, 3.05) is 0 Å². The standard InChI is InChI=1S/C11H11N3O4/c1-7-3-11(15)13(6-10(7)14(16)17)5-9-4-8(2)12-18-9/h3-4,6H,5H2,1-2H3. The molecule has 0 spiro atoms. The van der Waals surface area contributed by atoms with Crippen LogP contribution in [0.4, 0.5) is 5.69 Å². The van der Waals surface area contributed by atoms with Gasteiger partial charge in [0.15, 0.2) is 5.76 Å². The molecule has 0 atom stereocenters. The Bertz CT molecular complexity index is 657. The van der Waals surface area contributed by atoms with E-state index < -0.39 is 4.92 Å². The molecule has 94 valence electrons. The van der Waals surface area contributed by atoms with Crippen molar-refractivity contribution in [2.45, 2.75) is 20.4 Å². The van der Waals surface area contributed by atoms with Crippen LogP contribution in [-0.4, -0.2) is 14.6 Å². The maximum absolute atomic E-state index is 11.7. The second kappa shape index (κ2) is 4.44. The summed E-state index contributed by atoms with van der Waals surface area (Å²) in [5, 5.41) is 14.5. The predicted molar refractivity (Wildman–Crippen MR) is 62.4 cm³/mol. The van der Waals surface area contributed by atoms with Crippen LogP contribution in [0, 0.1) is 24.0 Å². The number of aromatic nitrogens is 2. The minimum Gasteiger partial charge on any atom is -0.359 e. The number of pyridine rings is 1. The molecule has 0 aliphatic carbocycles. The molecule has 0 saturated heterocycles. The third-order valence-corrected chi connectivity index (χ3v) is 2.50. The lowest BCUT2D eigenvalue weighted by molar-refractivity contribution is -0.385. The highest BCUT2D eigenvalue weighted by Gasteiger charge is 2.14. The first-order chi connectivity index (χ1) is 8.47. The van der Waals surface area contributed by atoms with Gasteiger partial charge in [0.1, 0.15) is 0 Å². The van der Waals surface area contributed by atoms with Crippen LogP contribution in [0.1, 0.15) is 17.0 Å². The molecule has 7 nitrogen and oxygen atoms in total. The van der Waals surface area contributed by atoms with Gasteiger partial charge in [-0.25, -0.2) is 0 Å². The van der Waals surface area contributed by atoms with E-state index in [0.29, 0.717) is 17.0 Å². The van der Waals surface area contributed by atoms with Crippen molar-refractivity contribution in [3.63, 3.8) is 0 Å². The van der Waals surface area contributed by atoms with Crippen LogP contribution in [0.2, 0.25) is 0 Å². The molecule has 0 aromatic carbocycles. The minimum atomic E-state index is -0.517. The molecular weight excluding hydrogens is 238 g/mol. The first-order valence-corrected chi connectivity index (χ1v) is 5.25. The average molecular weight is 249 g/mol. The highest BCUT2D eigenvalue weighted by Crippen LogP contribution is 2.15. The van der Waals surface area contributed by atoms with E-state index in [1.54, 1.807) is 13.0 Å². The first kappa shape index (κ1) is 12.0. The smallest absolute Gasteiger partial charge is 0.288 e. The summed E-state index contributed by atoms with van der Waals surface area (Å²) in [5.74, 6) is 0.479. The van der Waals surface area contributed by atoms with Crippen LogP contribution in [0.25, 0.3) is 0 Å². The largest absolute Gasteiger partial charge is 0.359 e. The summed E-state index contributed by atoms with van der Waals surface area (Å²) in [4.78, 5) is 22.0. The minimum absolute atomic E-state index is 0.0918. The SMILES string of the molecule is Cc1cc(Cn2cc([N+](=O)[O-])c(C)cc2=O)on1. The highest BCUT2D eigenvalue weighted by molar-refractivity contribution is 5.36. The summed E-state index contributed by atoms with van der Waals surface area (Å²) in [7, 11) is 0. The summed E-state index contributed by atoms with van der Waals surface area (Å²) < 4.78 is 6.20. The summed E-state index contributed by atoms with van der Waals surface area (Å²) in [5.41, 5.74) is 0.632. The van der Waals surface area contributed by atoms with Gasteiger partial charge < -0.3 is 9.09 Å². The van der Waals surface area contributed by atoms with E-state index in [9.17, 15) is 14.9 Å². The van der Waals surface area contributed by atoms with E-state index in [1.165, 1.54) is 23.8 Å². The quantitative estimate of drug-likeness (QED) is 0.605. The maximum atomic E-state index is 11.7. The number of rotatable bonds is 3. The number of hydrogen-bond donors (Lipinski definition) is 0. The van der Waals surface area contributed by atoms with E-state index >= 15 is 0 Å². The van der Waals surface area contributed by atoms with Crippen molar-refractivity contribution >= 4 is 5.69 Å². The monoisotopic (exact) mass is 249 g/mol. The fraction of sp³-hybridized carbons (Fsp3) is 0.273. The van der Waals surface area contributed by atoms with Crippen LogP contribution in [0.5, 0.6) is 0 Å². The number of aryl methyl sites for hydroxylation is 2. The van der Waals surface area contributed by atoms with Crippen LogP contribution < -0.4 is 5.56 Å². The molecule has 0 aliphatic heterocycles. The Hall–Kier alpha value is -2.44. The Morgan fingerprint density at radius 1 is 1.44 bits per heavy atom. The molecule has 0 aliphatic rings. The topological polar surface area (TPSA) is 91.2 Å². The van der Waals surface area contributed by atoms with Crippen molar-refractivity contribution in [1.29, 1.82) is 0 Å². The summed E-state index contributed by atoms with van der Waals surface area (Å²) in [6.45, 7) is 3.41. The zero-order valence-electron chi connectivity index (χ0n) is 9.91. The van der Waals surface area contributed by atoms with Gasteiger partial charge in [-0.1, -0.05) is 5.16 Å². The van der Waals surface area contributed by atoms with Gasteiger partial charge in [-0.15, -0.1) is 0 Å². The molecule has 2 heterocycles. The lowest BCUT2D eigenvalue weighted by atomic mass is 10.2. The first-order valence-electron chi connectivity index (χ1n) is 5.25. The summed E-state index contributed by atoms with van der Waals surface area (Å²) in [6.07, 6.45) is 1.22. The normalized spacial score (nSPS) is 10.6. The number of hydrogen-bond acceptors (Lipinski definition) is 5. The van der Waals surface area contributed by atoms with E-state index in [4.69, 9.17) is 4.52 Å². The van der Waals surface area contributed by atoms with Gasteiger partial charge in [0, 0.05) is 17.7 Å². The Labute approximate surface area is 102 Å². The maximum Gasteiger partial charge on any atom is 0.288 e. The number of nitrogens with zero attached hydrogens (tertiary/aromatic N) is 3. The van der Waals surface area contributed by atoms with Crippen LogP contribution in [-0.2, 0) is 6.54 Å². The lowest BCUT2D eigenvalue weighted by Crippen LogP contribution is -2.20. The van der Waals surface area contributed by atoms with Crippen molar-refractivity contribution in [3.8, 4) is 0 Å². The second-order valence-corrected chi connectivity index (χ2v) is 4.00. The van der Waals surface area contributed by atoms with Gasteiger partial charge in [-0.05, 0) is 13.8 Å². The molecule has 18 heavy (non-hydrogen) atoms. The third-order valence-electron chi connectivity index (χ3n) is 2.50. The van der Waals surface area contributed by atoms with Crippen molar-refractivity contribution in [2.24, 2.45) is 0 Å². The molecule has 0 unspecified atom stereocenters. The molecule has 0 radical (unpaired) electrons. The molecule has 2 aromatic heterocycles.